The first kappa shape index (κ1) is 12.1. The fraction of sp³-hybridized carbons (Fsp3) is 0.833. The molecule has 100 valence electrons. The molecule has 6 nitrogen and oxygen atoms in total. The molecule has 2 aliphatic rings. The van der Waals surface area contributed by atoms with Gasteiger partial charge in [0.1, 0.15) is 5.60 Å². The lowest BCUT2D eigenvalue weighted by Gasteiger charge is -2.37. The van der Waals surface area contributed by atoms with Gasteiger partial charge in [0.05, 0.1) is 12.1 Å². The average molecular weight is 253 g/mol. The average Bonchev–Trinajstić information content (AvgIpc) is 2.96. The Labute approximate surface area is 106 Å². The molecule has 1 aromatic heterocycles. The zero-order valence-corrected chi connectivity index (χ0v) is 10.8. The number of nitrogens with one attached hydrogen (secondary N) is 1. The van der Waals surface area contributed by atoms with Crippen LogP contribution >= 0.6 is 0 Å². The summed E-state index contributed by atoms with van der Waals surface area (Å²) in [6.45, 7) is 0.828. The van der Waals surface area contributed by atoms with E-state index < -0.39 is 0 Å². The summed E-state index contributed by atoms with van der Waals surface area (Å²) in [5, 5.41) is 7.42. The lowest BCUT2D eigenvalue weighted by atomic mass is 9.79. The van der Waals surface area contributed by atoms with Crippen LogP contribution in [-0.4, -0.2) is 37.0 Å². The van der Waals surface area contributed by atoms with Gasteiger partial charge in [-0.05, 0) is 25.7 Å². The van der Waals surface area contributed by atoms with E-state index in [1.807, 2.05) is 0 Å². The van der Waals surface area contributed by atoms with Crippen molar-refractivity contribution < 1.29 is 14.0 Å². The van der Waals surface area contributed by atoms with Gasteiger partial charge in [-0.3, -0.25) is 0 Å². The number of hydrogen-bond acceptors (Lipinski definition) is 6. The van der Waals surface area contributed by atoms with Crippen LogP contribution in [0, 0.1) is 0 Å². The number of hydrogen-bond donors (Lipinski definition) is 1. The van der Waals surface area contributed by atoms with Crippen molar-refractivity contribution in [2.75, 3.05) is 20.8 Å². The lowest BCUT2D eigenvalue weighted by Crippen LogP contribution is -2.37. The van der Waals surface area contributed by atoms with Crippen molar-refractivity contribution in [3.8, 4) is 0 Å². The van der Waals surface area contributed by atoms with Gasteiger partial charge < -0.3 is 19.3 Å². The molecule has 3 rings (SSSR count). The van der Waals surface area contributed by atoms with Gasteiger partial charge in [0, 0.05) is 20.8 Å². The maximum Gasteiger partial charge on any atom is 0.243 e. The molecule has 1 aromatic rings. The molecule has 1 aliphatic heterocycles. The quantitative estimate of drug-likeness (QED) is 0.868. The van der Waals surface area contributed by atoms with Crippen molar-refractivity contribution in [2.45, 2.75) is 43.4 Å². The van der Waals surface area contributed by atoms with Crippen molar-refractivity contribution in [3.63, 3.8) is 0 Å². The molecule has 1 N–H and O–H groups in total. The summed E-state index contributed by atoms with van der Waals surface area (Å²) in [5.41, 5.74) is -0.305. The minimum atomic E-state index is -0.305. The SMILES string of the molecule is COC1CNC(c2nc(C3(OC)CCC3)no2)C1. The molecule has 6 heteroatoms. The summed E-state index contributed by atoms with van der Waals surface area (Å²) >= 11 is 0. The molecule has 2 unspecified atom stereocenters. The van der Waals surface area contributed by atoms with E-state index in [4.69, 9.17) is 14.0 Å². The van der Waals surface area contributed by atoms with Gasteiger partial charge in [0.25, 0.3) is 0 Å². The van der Waals surface area contributed by atoms with Crippen LogP contribution in [0.25, 0.3) is 0 Å². The molecule has 0 amide bonds. The molecule has 0 bridgehead atoms. The monoisotopic (exact) mass is 253 g/mol. The molecule has 2 fully saturated rings. The van der Waals surface area contributed by atoms with Crippen LogP contribution in [0.3, 0.4) is 0 Å². The summed E-state index contributed by atoms with van der Waals surface area (Å²) in [7, 11) is 3.44. The highest BCUT2D eigenvalue weighted by Crippen LogP contribution is 2.43. The summed E-state index contributed by atoms with van der Waals surface area (Å²) in [4.78, 5) is 4.51. The number of methoxy groups -OCH3 is 2. The minimum absolute atomic E-state index is 0.102. The first-order chi connectivity index (χ1) is 8.77. The van der Waals surface area contributed by atoms with Crippen molar-refractivity contribution in [1.29, 1.82) is 0 Å². The molecule has 0 aromatic carbocycles. The van der Waals surface area contributed by atoms with E-state index in [9.17, 15) is 0 Å². The third kappa shape index (κ3) is 1.84. The minimum Gasteiger partial charge on any atom is -0.380 e. The summed E-state index contributed by atoms with van der Waals surface area (Å²) in [6, 6.07) is 0.102. The summed E-state index contributed by atoms with van der Waals surface area (Å²) < 4.78 is 16.2. The lowest BCUT2D eigenvalue weighted by molar-refractivity contribution is -0.0858. The van der Waals surface area contributed by atoms with Gasteiger partial charge in [-0.15, -0.1) is 0 Å². The Morgan fingerprint density at radius 2 is 2.22 bits per heavy atom. The van der Waals surface area contributed by atoms with Gasteiger partial charge in [-0.25, -0.2) is 0 Å². The fourth-order valence-electron chi connectivity index (χ4n) is 2.65. The third-order valence-electron chi connectivity index (χ3n) is 4.12. The standard InChI is InChI=1S/C12H19N3O3/c1-16-8-6-9(13-7-8)10-14-11(15-18-10)12(17-2)4-3-5-12/h8-9,13H,3-7H2,1-2H3. The maximum absolute atomic E-state index is 5.55. The topological polar surface area (TPSA) is 69.4 Å². The summed E-state index contributed by atoms with van der Waals surface area (Å²) in [6.07, 6.45) is 4.21. The van der Waals surface area contributed by atoms with E-state index in [-0.39, 0.29) is 17.7 Å². The first-order valence-corrected chi connectivity index (χ1v) is 6.43. The number of rotatable bonds is 4. The Kier molecular flexibility index (Phi) is 3.09. The van der Waals surface area contributed by atoms with E-state index >= 15 is 0 Å². The summed E-state index contributed by atoms with van der Waals surface area (Å²) in [5.74, 6) is 1.33. The van der Waals surface area contributed by atoms with Gasteiger partial charge in [0.2, 0.25) is 11.7 Å². The fourth-order valence-corrected chi connectivity index (χ4v) is 2.65. The van der Waals surface area contributed by atoms with Gasteiger partial charge in [-0.2, -0.15) is 4.98 Å². The zero-order valence-electron chi connectivity index (χ0n) is 10.8. The van der Waals surface area contributed by atoms with Crippen LogP contribution < -0.4 is 5.32 Å². The molecule has 2 atom stereocenters. The van der Waals surface area contributed by atoms with Gasteiger partial charge >= 0.3 is 0 Å². The highest BCUT2D eigenvalue weighted by atomic mass is 16.5. The van der Waals surface area contributed by atoms with Crippen LogP contribution in [0.4, 0.5) is 0 Å². The Hall–Kier alpha value is -0.980. The molecule has 0 spiro atoms. The molecule has 0 radical (unpaired) electrons. The Morgan fingerprint density at radius 1 is 1.39 bits per heavy atom. The van der Waals surface area contributed by atoms with E-state index in [0.29, 0.717) is 11.7 Å². The number of ether oxygens (including phenoxy) is 2. The highest BCUT2D eigenvalue weighted by molar-refractivity contribution is 5.08. The van der Waals surface area contributed by atoms with Crippen molar-refractivity contribution >= 4 is 0 Å². The van der Waals surface area contributed by atoms with E-state index in [1.165, 1.54) is 0 Å². The molecular weight excluding hydrogens is 234 g/mol. The van der Waals surface area contributed by atoms with Crippen LogP contribution in [-0.2, 0) is 15.1 Å². The van der Waals surface area contributed by atoms with E-state index in [1.54, 1.807) is 14.2 Å². The highest BCUT2D eigenvalue weighted by Gasteiger charge is 2.44. The Balaban J connectivity index is 1.74. The smallest absolute Gasteiger partial charge is 0.243 e. The van der Waals surface area contributed by atoms with Crippen LogP contribution in [0.1, 0.15) is 43.4 Å². The third-order valence-corrected chi connectivity index (χ3v) is 4.12. The largest absolute Gasteiger partial charge is 0.380 e. The van der Waals surface area contributed by atoms with Crippen LogP contribution in [0.2, 0.25) is 0 Å². The van der Waals surface area contributed by atoms with Gasteiger partial charge in [0.15, 0.2) is 0 Å². The molecular formula is C12H19N3O3. The molecule has 1 aliphatic carbocycles. The zero-order chi connectivity index (χ0) is 12.6. The Bertz CT molecular complexity index is 411. The number of nitrogens with zero attached hydrogens (tertiary/aromatic N) is 2. The molecule has 2 heterocycles. The molecule has 1 saturated heterocycles. The van der Waals surface area contributed by atoms with E-state index in [2.05, 4.69) is 15.5 Å². The van der Waals surface area contributed by atoms with Crippen LogP contribution in [0.5, 0.6) is 0 Å². The van der Waals surface area contributed by atoms with Crippen molar-refractivity contribution in [2.24, 2.45) is 0 Å². The van der Waals surface area contributed by atoms with E-state index in [0.717, 1.165) is 32.2 Å². The second-order valence-electron chi connectivity index (χ2n) is 5.06. The molecule has 18 heavy (non-hydrogen) atoms. The Morgan fingerprint density at radius 3 is 2.78 bits per heavy atom. The van der Waals surface area contributed by atoms with Crippen molar-refractivity contribution in [1.82, 2.24) is 15.5 Å². The maximum atomic E-state index is 5.55. The van der Waals surface area contributed by atoms with Gasteiger partial charge in [-0.1, -0.05) is 5.16 Å². The predicted molar refractivity (Wildman–Crippen MR) is 63.0 cm³/mol. The van der Waals surface area contributed by atoms with Crippen LogP contribution in [0.15, 0.2) is 4.52 Å². The number of aromatic nitrogens is 2. The second kappa shape index (κ2) is 4.60. The second-order valence-corrected chi connectivity index (χ2v) is 5.06. The van der Waals surface area contributed by atoms with Crippen molar-refractivity contribution in [3.05, 3.63) is 11.7 Å². The first-order valence-electron chi connectivity index (χ1n) is 6.43. The molecule has 1 saturated carbocycles. The predicted octanol–water partition coefficient (Wildman–Crippen LogP) is 1.14. The normalized spacial score (nSPS) is 30.3.